The van der Waals surface area contributed by atoms with Crippen LogP contribution < -0.4 is 0 Å². The molecule has 5 heteroatoms. The molecule has 3 aliphatic rings. The average Bonchev–Trinajstić information content (AvgIpc) is 3.28. The molecule has 0 saturated carbocycles. The van der Waals surface area contributed by atoms with Crippen LogP contribution in [-0.4, -0.2) is 41.1 Å². The number of rotatable bonds is 8. The normalized spacial score (nSPS) is 27.8. The van der Waals surface area contributed by atoms with Gasteiger partial charge in [0, 0.05) is 12.5 Å². The summed E-state index contributed by atoms with van der Waals surface area (Å²) in [6.07, 6.45) is 7.55. The molecule has 172 valence electrons. The summed E-state index contributed by atoms with van der Waals surface area (Å²) in [5.41, 5.74) is 4.88. The SMILES string of the molecule is CCC/C(=C\c1cccc(O)c1)CC[C@H]1OC[C@H]2C1=C(C)C[C@H]1C(=O)N(CCC)C(=O)[C@H]12. The number of imide groups is 1. The van der Waals surface area contributed by atoms with Gasteiger partial charge in [0.25, 0.3) is 0 Å². The third-order valence-electron chi connectivity index (χ3n) is 7.23. The largest absolute Gasteiger partial charge is 0.508 e. The van der Waals surface area contributed by atoms with E-state index in [4.69, 9.17) is 4.74 Å². The minimum Gasteiger partial charge on any atom is -0.508 e. The Balaban J connectivity index is 1.50. The summed E-state index contributed by atoms with van der Waals surface area (Å²) < 4.78 is 6.25. The topological polar surface area (TPSA) is 66.8 Å². The highest BCUT2D eigenvalue weighted by Crippen LogP contribution is 2.49. The van der Waals surface area contributed by atoms with Crippen molar-refractivity contribution in [3.63, 3.8) is 0 Å². The fourth-order valence-corrected chi connectivity index (χ4v) is 5.90. The van der Waals surface area contributed by atoms with Crippen LogP contribution in [0.5, 0.6) is 5.75 Å². The maximum absolute atomic E-state index is 13.1. The van der Waals surface area contributed by atoms with Crippen molar-refractivity contribution < 1.29 is 19.4 Å². The molecule has 2 saturated heterocycles. The second kappa shape index (κ2) is 9.62. The van der Waals surface area contributed by atoms with E-state index in [1.165, 1.54) is 21.6 Å². The first kappa shape index (κ1) is 22.8. The van der Waals surface area contributed by atoms with E-state index in [1.807, 2.05) is 19.1 Å². The van der Waals surface area contributed by atoms with Crippen LogP contribution in [0.15, 0.2) is 41.0 Å². The molecule has 4 rings (SSSR count). The molecule has 2 aliphatic heterocycles. The quantitative estimate of drug-likeness (QED) is 0.454. The number of phenols is 1. The molecule has 0 bridgehead atoms. The van der Waals surface area contributed by atoms with Crippen LogP contribution >= 0.6 is 0 Å². The highest BCUT2D eigenvalue weighted by molar-refractivity contribution is 6.05. The summed E-state index contributed by atoms with van der Waals surface area (Å²) >= 11 is 0. The van der Waals surface area contributed by atoms with Gasteiger partial charge in [-0.25, -0.2) is 0 Å². The first-order chi connectivity index (χ1) is 15.4. The third-order valence-corrected chi connectivity index (χ3v) is 7.23. The Morgan fingerprint density at radius 1 is 1.16 bits per heavy atom. The van der Waals surface area contributed by atoms with Gasteiger partial charge in [-0.3, -0.25) is 14.5 Å². The number of carbonyl (C=O) groups is 2. The lowest BCUT2D eigenvalue weighted by Gasteiger charge is -2.30. The monoisotopic (exact) mass is 437 g/mol. The van der Waals surface area contributed by atoms with Crippen molar-refractivity contribution in [1.82, 2.24) is 4.90 Å². The van der Waals surface area contributed by atoms with E-state index in [0.717, 1.165) is 37.7 Å². The number of aromatic hydroxyl groups is 1. The van der Waals surface area contributed by atoms with Crippen molar-refractivity contribution in [2.24, 2.45) is 17.8 Å². The van der Waals surface area contributed by atoms with Crippen LogP contribution in [0, 0.1) is 17.8 Å². The lowest BCUT2D eigenvalue weighted by atomic mass is 9.70. The molecule has 2 fully saturated rings. The molecule has 32 heavy (non-hydrogen) atoms. The molecule has 5 nitrogen and oxygen atoms in total. The second-order valence-electron chi connectivity index (χ2n) is 9.51. The summed E-state index contributed by atoms with van der Waals surface area (Å²) in [6.45, 7) is 7.37. The molecule has 1 N–H and O–H groups in total. The van der Waals surface area contributed by atoms with Crippen LogP contribution in [0.25, 0.3) is 6.08 Å². The predicted octanol–water partition coefficient (Wildman–Crippen LogP) is 5.10. The number of nitrogens with zero attached hydrogens (tertiary/aromatic N) is 1. The molecule has 0 spiro atoms. The van der Waals surface area contributed by atoms with E-state index in [-0.39, 0.29) is 41.4 Å². The number of carbonyl (C=O) groups excluding carboxylic acids is 2. The van der Waals surface area contributed by atoms with E-state index in [9.17, 15) is 14.7 Å². The van der Waals surface area contributed by atoms with E-state index >= 15 is 0 Å². The number of phenolic OH excluding ortho intramolecular Hbond substituents is 1. The zero-order valence-corrected chi connectivity index (χ0v) is 19.5. The Hall–Kier alpha value is -2.40. The van der Waals surface area contributed by atoms with Crippen molar-refractivity contribution in [2.45, 2.75) is 65.4 Å². The number of amides is 2. The zero-order chi connectivity index (χ0) is 22.8. The van der Waals surface area contributed by atoms with Gasteiger partial charge in [-0.1, -0.05) is 49.6 Å². The Kier molecular flexibility index (Phi) is 6.85. The van der Waals surface area contributed by atoms with Crippen LogP contribution in [0.2, 0.25) is 0 Å². The molecular weight excluding hydrogens is 402 g/mol. The smallest absolute Gasteiger partial charge is 0.233 e. The first-order valence-electron chi connectivity index (χ1n) is 12.1. The lowest BCUT2D eigenvalue weighted by Crippen LogP contribution is -2.34. The number of likely N-dealkylation sites (tertiary alicyclic amines) is 1. The molecule has 2 amide bonds. The van der Waals surface area contributed by atoms with Gasteiger partial charge < -0.3 is 9.84 Å². The minimum absolute atomic E-state index is 0.0107. The second-order valence-corrected chi connectivity index (χ2v) is 9.51. The number of benzene rings is 1. The molecule has 1 aromatic rings. The average molecular weight is 438 g/mol. The van der Waals surface area contributed by atoms with Crippen molar-refractivity contribution in [1.29, 1.82) is 0 Å². The highest BCUT2D eigenvalue weighted by atomic mass is 16.5. The number of fused-ring (bicyclic) bond motifs is 3. The molecular formula is C27H35NO4. The van der Waals surface area contributed by atoms with Crippen molar-refractivity contribution >= 4 is 17.9 Å². The lowest BCUT2D eigenvalue weighted by molar-refractivity contribution is -0.140. The van der Waals surface area contributed by atoms with Crippen molar-refractivity contribution in [3.8, 4) is 5.75 Å². The number of allylic oxidation sites excluding steroid dienone is 2. The molecule has 2 heterocycles. The van der Waals surface area contributed by atoms with E-state index in [0.29, 0.717) is 19.6 Å². The fraction of sp³-hybridized carbons (Fsp3) is 0.556. The molecule has 4 atom stereocenters. The molecule has 0 radical (unpaired) electrons. The van der Waals surface area contributed by atoms with Gasteiger partial charge in [0.1, 0.15) is 5.75 Å². The standard InChI is InChI=1S/C27H35NO4/c1-4-7-18(14-19-8-6-9-20(29)15-19)10-11-23-24-17(3)13-21-25(22(24)16-32-23)27(31)28(12-5-2)26(21)30/h6,8-9,14-15,21-23,25,29H,4-5,7,10-13,16H2,1-3H3/b18-14+/t21-,22+,23-,25-/m1/s1. The van der Waals surface area contributed by atoms with Crippen LogP contribution in [0.4, 0.5) is 0 Å². The van der Waals surface area contributed by atoms with Crippen LogP contribution in [-0.2, 0) is 14.3 Å². The predicted molar refractivity (Wildman–Crippen MR) is 125 cm³/mol. The molecule has 1 aromatic carbocycles. The van der Waals surface area contributed by atoms with Crippen molar-refractivity contribution in [3.05, 3.63) is 46.5 Å². The Labute approximate surface area is 191 Å². The molecule has 0 aromatic heterocycles. The van der Waals surface area contributed by atoms with Gasteiger partial charge in [0.2, 0.25) is 11.8 Å². The van der Waals surface area contributed by atoms with Gasteiger partial charge in [0.15, 0.2) is 0 Å². The minimum atomic E-state index is -0.240. The van der Waals surface area contributed by atoms with E-state index in [2.05, 4.69) is 19.9 Å². The number of ether oxygens (including phenoxy) is 1. The molecule has 0 unspecified atom stereocenters. The zero-order valence-electron chi connectivity index (χ0n) is 19.5. The maximum atomic E-state index is 13.1. The van der Waals surface area contributed by atoms with Gasteiger partial charge >= 0.3 is 0 Å². The number of hydrogen-bond donors (Lipinski definition) is 1. The van der Waals surface area contributed by atoms with Gasteiger partial charge in [-0.2, -0.15) is 0 Å². The summed E-state index contributed by atoms with van der Waals surface area (Å²) in [7, 11) is 0. The maximum Gasteiger partial charge on any atom is 0.233 e. The Morgan fingerprint density at radius 2 is 1.97 bits per heavy atom. The van der Waals surface area contributed by atoms with E-state index < -0.39 is 0 Å². The van der Waals surface area contributed by atoms with Crippen molar-refractivity contribution in [2.75, 3.05) is 13.2 Å². The Bertz CT molecular complexity index is 947. The summed E-state index contributed by atoms with van der Waals surface area (Å²) in [5, 5.41) is 9.77. The first-order valence-corrected chi connectivity index (χ1v) is 12.1. The van der Waals surface area contributed by atoms with Crippen LogP contribution in [0.3, 0.4) is 0 Å². The van der Waals surface area contributed by atoms with Crippen LogP contribution in [0.1, 0.15) is 64.9 Å². The Morgan fingerprint density at radius 3 is 2.69 bits per heavy atom. The molecule has 1 aliphatic carbocycles. The summed E-state index contributed by atoms with van der Waals surface area (Å²) in [4.78, 5) is 27.4. The van der Waals surface area contributed by atoms with E-state index in [1.54, 1.807) is 12.1 Å². The summed E-state index contributed by atoms with van der Waals surface area (Å²) in [5.74, 6) is -0.0922. The van der Waals surface area contributed by atoms with Gasteiger partial charge in [0.05, 0.1) is 24.5 Å². The highest BCUT2D eigenvalue weighted by Gasteiger charge is 2.56. The third kappa shape index (κ3) is 4.27. The number of hydrogen-bond acceptors (Lipinski definition) is 4. The van der Waals surface area contributed by atoms with Gasteiger partial charge in [-0.05, 0) is 62.3 Å². The fourth-order valence-electron chi connectivity index (χ4n) is 5.90. The van der Waals surface area contributed by atoms with Gasteiger partial charge in [-0.15, -0.1) is 0 Å². The summed E-state index contributed by atoms with van der Waals surface area (Å²) in [6, 6.07) is 7.35.